The van der Waals surface area contributed by atoms with Gasteiger partial charge >= 0.3 is 0 Å². The first-order valence-electron chi connectivity index (χ1n) is 7.30. The second-order valence-corrected chi connectivity index (χ2v) is 4.91. The molecular formula is C16H22N2O2. The van der Waals surface area contributed by atoms with Crippen LogP contribution in [-0.2, 0) is 6.42 Å². The zero-order valence-electron chi connectivity index (χ0n) is 12.3. The Kier molecular flexibility index (Phi) is 5.59. The third-order valence-electron chi connectivity index (χ3n) is 3.29. The summed E-state index contributed by atoms with van der Waals surface area (Å²) in [5.74, 6) is 2.15. The summed E-state index contributed by atoms with van der Waals surface area (Å²) in [5, 5.41) is 4.04. The fourth-order valence-corrected chi connectivity index (χ4v) is 2.12. The van der Waals surface area contributed by atoms with E-state index in [4.69, 9.17) is 9.26 Å². The van der Waals surface area contributed by atoms with Crippen LogP contribution in [0.4, 0.5) is 0 Å². The molecule has 0 aliphatic heterocycles. The van der Waals surface area contributed by atoms with Gasteiger partial charge in [0, 0.05) is 12.0 Å². The van der Waals surface area contributed by atoms with Crippen molar-refractivity contribution in [2.75, 3.05) is 7.11 Å². The molecule has 0 unspecified atom stereocenters. The van der Waals surface area contributed by atoms with E-state index in [1.54, 1.807) is 7.11 Å². The van der Waals surface area contributed by atoms with Gasteiger partial charge in [-0.3, -0.25) is 0 Å². The first-order chi connectivity index (χ1) is 9.83. The van der Waals surface area contributed by atoms with Crippen LogP contribution in [0.25, 0.3) is 11.4 Å². The molecule has 0 radical (unpaired) electrons. The molecule has 1 heterocycles. The Hall–Kier alpha value is -1.84. The molecule has 0 aliphatic rings. The predicted octanol–water partition coefficient (Wildman–Crippen LogP) is 4.26. The summed E-state index contributed by atoms with van der Waals surface area (Å²) in [7, 11) is 1.65. The second kappa shape index (κ2) is 7.68. The van der Waals surface area contributed by atoms with Gasteiger partial charge in [-0.25, -0.2) is 0 Å². The molecule has 4 nitrogen and oxygen atoms in total. The summed E-state index contributed by atoms with van der Waals surface area (Å²) in [6.45, 7) is 2.22. The summed E-state index contributed by atoms with van der Waals surface area (Å²) in [6.07, 6.45) is 7.05. The SMILES string of the molecule is CCCCCCCc1nc(-c2cccc(OC)c2)no1. The fourth-order valence-electron chi connectivity index (χ4n) is 2.12. The molecule has 108 valence electrons. The van der Waals surface area contributed by atoms with Crippen molar-refractivity contribution in [3.63, 3.8) is 0 Å². The van der Waals surface area contributed by atoms with Gasteiger partial charge in [-0.2, -0.15) is 4.98 Å². The summed E-state index contributed by atoms with van der Waals surface area (Å²) < 4.78 is 10.5. The highest BCUT2D eigenvalue weighted by atomic mass is 16.5. The topological polar surface area (TPSA) is 48.2 Å². The molecule has 0 saturated carbocycles. The van der Waals surface area contributed by atoms with Gasteiger partial charge in [0.25, 0.3) is 0 Å². The minimum absolute atomic E-state index is 0.632. The Balaban J connectivity index is 1.91. The minimum Gasteiger partial charge on any atom is -0.497 e. The molecule has 0 saturated heterocycles. The molecule has 20 heavy (non-hydrogen) atoms. The number of aromatic nitrogens is 2. The van der Waals surface area contributed by atoms with Crippen LogP contribution in [0.1, 0.15) is 44.9 Å². The molecule has 0 N–H and O–H groups in total. The maximum absolute atomic E-state index is 5.30. The summed E-state index contributed by atoms with van der Waals surface area (Å²) in [6, 6.07) is 7.70. The van der Waals surface area contributed by atoms with Crippen molar-refractivity contribution in [3.8, 4) is 17.1 Å². The van der Waals surface area contributed by atoms with Gasteiger partial charge in [0.15, 0.2) is 0 Å². The van der Waals surface area contributed by atoms with E-state index in [-0.39, 0.29) is 0 Å². The lowest BCUT2D eigenvalue weighted by Gasteiger charge is -1.99. The van der Waals surface area contributed by atoms with E-state index >= 15 is 0 Å². The maximum Gasteiger partial charge on any atom is 0.226 e. The van der Waals surface area contributed by atoms with Crippen LogP contribution in [0.2, 0.25) is 0 Å². The first-order valence-corrected chi connectivity index (χ1v) is 7.30. The Labute approximate surface area is 120 Å². The van der Waals surface area contributed by atoms with Gasteiger partial charge in [0.1, 0.15) is 5.75 Å². The summed E-state index contributed by atoms with van der Waals surface area (Å²) in [5.41, 5.74) is 0.922. The molecule has 1 aromatic heterocycles. The highest BCUT2D eigenvalue weighted by Gasteiger charge is 2.09. The smallest absolute Gasteiger partial charge is 0.226 e. The number of aryl methyl sites for hydroxylation is 1. The van der Waals surface area contributed by atoms with Crippen LogP contribution < -0.4 is 4.74 Å². The zero-order chi connectivity index (χ0) is 14.2. The lowest BCUT2D eigenvalue weighted by Crippen LogP contribution is -1.87. The molecule has 4 heteroatoms. The van der Waals surface area contributed by atoms with Crippen molar-refractivity contribution >= 4 is 0 Å². The molecule has 1 aromatic carbocycles. The molecule has 2 aromatic rings. The van der Waals surface area contributed by atoms with E-state index in [9.17, 15) is 0 Å². The van der Waals surface area contributed by atoms with Crippen molar-refractivity contribution < 1.29 is 9.26 Å². The Morgan fingerprint density at radius 3 is 2.80 bits per heavy atom. The van der Waals surface area contributed by atoms with E-state index in [1.165, 1.54) is 25.7 Å². The zero-order valence-corrected chi connectivity index (χ0v) is 12.3. The fraction of sp³-hybridized carbons (Fsp3) is 0.500. The highest BCUT2D eigenvalue weighted by molar-refractivity contribution is 5.56. The molecule has 0 aliphatic carbocycles. The van der Waals surface area contributed by atoms with Gasteiger partial charge < -0.3 is 9.26 Å². The van der Waals surface area contributed by atoms with E-state index < -0.39 is 0 Å². The minimum atomic E-state index is 0.632. The van der Waals surface area contributed by atoms with Gasteiger partial charge in [-0.1, -0.05) is 49.9 Å². The van der Waals surface area contributed by atoms with Gasteiger partial charge in [-0.15, -0.1) is 0 Å². The van der Waals surface area contributed by atoms with Crippen LogP contribution in [-0.4, -0.2) is 17.3 Å². The average molecular weight is 274 g/mol. The van der Waals surface area contributed by atoms with Crippen LogP contribution >= 0.6 is 0 Å². The predicted molar refractivity (Wildman–Crippen MR) is 78.7 cm³/mol. The number of hydrogen-bond acceptors (Lipinski definition) is 4. The molecule has 0 fully saturated rings. The Morgan fingerprint density at radius 1 is 1.15 bits per heavy atom. The van der Waals surface area contributed by atoms with E-state index in [1.807, 2.05) is 24.3 Å². The van der Waals surface area contributed by atoms with Crippen molar-refractivity contribution in [1.82, 2.24) is 10.1 Å². The van der Waals surface area contributed by atoms with Crippen LogP contribution in [0.5, 0.6) is 5.75 Å². The number of nitrogens with zero attached hydrogens (tertiary/aromatic N) is 2. The molecule has 2 rings (SSSR count). The third-order valence-corrected chi connectivity index (χ3v) is 3.29. The Morgan fingerprint density at radius 2 is 2.00 bits per heavy atom. The number of rotatable bonds is 8. The van der Waals surface area contributed by atoms with Crippen LogP contribution in [0.15, 0.2) is 28.8 Å². The molecule has 0 spiro atoms. The highest BCUT2D eigenvalue weighted by Crippen LogP contribution is 2.21. The summed E-state index contributed by atoms with van der Waals surface area (Å²) >= 11 is 0. The van der Waals surface area contributed by atoms with Crippen LogP contribution in [0, 0.1) is 0 Å². The monoisotopic (exact) mass is 274 g/mol. The molecular weight excluding hydrogens is 252 g/mol. The lowest BCUT2D eigenvalue weighted by molar-refractivity contribution is 0.374. The quantitative estimate of drug-likeness (QED) is 0.675. The second-order valence-electron chi connectivity index (χ2n) is 4.91. The van der Waals surface area contributed by atoms with Crippen LogP contribution in [0.3, 0.4) is 0 Å². The number of ether oxygens (including phenoxy) is 1. The van der Waals surface area contributed by atoms with E-state index in [0.29, 0.717) is 5.82 Å². The first kappa shape index (κ1) is 14.6. The molecule has 0 bridgehead atoms. The van der Waals surface area contributed by atoms with Crippen molar-refractivity contribution in [2.45, 2.75) is 45.4 Å². The standard InChI is InChI=1S/C16H22N2O2/c1-3-4-5-6-7-11-15-17-16(18-20-15)13-9-8-10-14(12-13)19-2/h8-10,12H,3-7,11H2,1-2H3. The average Bonchev–Trinajstić information content (AvgIpc) is 2.96. The van der Waals surface area contributed by atoms with Gasteiger partial charge in [-0.05, 0) is 18.6 Å². The largest absolute Gasteiger partial charge is 0.497 e. The van der Waals surface area contributed by atoms with Gasteiger partial charge in [0.05, 0.1) is 7.11 Å². The number of benzene rings is 1. The number of hydrogen-bond donors (Lipinski definition) is 0. The lowest BCUT2D eigenvalue weighted by atomic mass is 10.1. The maximum atomic E-state index is 5.30. The third kappa shape index (κ3) is 4.08. The number of unbranched alkanes of at least 4 members (excludes halogenated alkanes) is 4. The number of methoxy groups -OCH3 is 1. The van der Waals surface area contributed by atoms with E-state index in [2.05, 4.69) is 17.1 Å². The van der Waals surface area contributed by atoms with E-state index in [0.717, 1.165) is 30.0 Å². The summed E-state index contributed by atoms with van der Waals surface area (Å²) in [4.78, 5) is 4.44. The van der Waals surface area contributed by atoms with Gasteiger partial charge in [0.2, 0.25) is 11.7 Å². The van der Waals surface area contributed by atoms with Crippen molar-refractivity contribution in [2.24, 2.45) is 0 Å². The Bertz CT molecular complexity index is 523. The van der Waals surface area contributed by atoms with Crippen molar-refractivity contribution in [1.29, 1.82) is 0 Å². The molecule has 0 amide bonds. The molecule has 0 atom stereocenters. The van der Waals surface area contributed by atoms with Crippen molar-refractivity contribution in [3.05, 3.63) is 30.2 Å². The normalized spacial score (nSPS) is 10.7.